The second kappa shape index (κ2) is 6.05. The number of hydrogen-bond acceptors (Lipinski definition) is 3. The van der Waals surface area contributed by atoms with Crippen molar-refractivity contribution in [2.24, 2.45) is 5.73 Å². The predicted molar refractivity (Wildman–Crippen MR) is 87.7 cm³/mol. The van der Waals surface area contributed by atoms with Crippen LogP contribution in [0.25, 0.3) is 11.3 Å². The number of thiazole rings is 1. The van der Waals surface area contributed by atoms with Crippen LogP contribution in [0.2, 0.25) is 0 Å². The Morgan fingerprint density at radius 3 is 2.62 bits per heavy atom. The van der Waals surface area contributed by atoms with E-state index in [1.54, 1.807) is 12.1 Å². The molecule has 3 rings (SSSR count). The highest BCUT2D eigenvalue weighted by Gasteiger charge is 2.14. The second-order valence-corrected chi connectivity index (χ2v) is 6.33. The van der Waals surface area contributed by atoms with Crippen LogP contribution in [0.5, 0.6) is 0 Å². The fraction of sp³-hybridized carbons (Fsp3) is 0.0625. The lowest BCUT2D eigenvalue weighted by Gasteiger charge is -2.08. The zero-order chi connectivity index (χ0) is 14.8. The molecule has 0 saturated heterocycles. The van der Waals surface area contributed by atoms with E-state index in [1.807, 2.05) is 35.7 Å². The van der Waals surface area contributed by atoms with Crippen LogP contribution in [0.15, 0.2) is 58.4 Å². The van der Waals surface area contributed by atoms with E-state index in [0.29, 0.717) is 4.47 Å². The molecule has 0 saturated carbocycles. The number of halogens is 2. The zero-order valence-corrected chi connectivity index (χ0v) is 13.4. The summed E-state index contributed by atoms with van der Waals surface area (Å²) in [5.74, 6) is -0.282. The van der Waals surface area contributed by atoms with Gasteiger partial charge in [0.25, 0.3) is 0 Å². The van der Waals surface area contributed by atoms with Crippen molar-refractivity contribution in [1.29, 1.82) is 0 Å². The quantitative estimate of drug-likeness (QED) is 0.729. The van der Waals surface area contributed by atoms with E-state index in [2.05, 4.69) is 20.9 Å². The molecular weight excluding hydrogens is 351 g/mol. The molecule has 3 aromatic rings. The summed E-state index contributed by atoms with van der Waals surface area (Å²) in [5.41, 5.74) is 8.94. The molecule has 2 aromatic carbocycles. The van der Waals surface area contributed by atoms with E-state index in [1.165, 1.54) is 17.4 Å². The van der Waals surface area contributed by atoms with E-state index in [0.717, 1.165) is 21.8 Å². The maximum Gasteiger partial charge on any atom is 0.137 e. The first-order valence-electron chi connectivity index (χ1n) is 6.36. The molecule has 0 bridgehead atoms. The first kappa shape index (κ1) is 14.4. The first-order chi connectivity index (χ1) is 10.1. The number of nitrogens with zero attached hydrogens (tertiary/aromatic N) is 1. The summed E-state index contributed by atoms with van der Waals surface area (Å²) < 4.78 is 13.7. The SMILES string of the molecule is NC(c1ccccc1)c1nc(-c2ccc(F)c(Br)c2)cs1. The van der Waals surface area contributed by atoms with Gasteiger partial charge in [0.15, 0.2) is 0 Å². The highest BCUT2D eigenvalue weighted by atomic mass is 79.9. The van der Waals surface area contributed by atoms with Gasteiger partial charge in [-0.2, -0.15) is 0 Å². The van der Waals surface area contributed by atoms with Gasteiger partial charge in [0, 0.05) is 10.9 Å². The van der Waals surface area contributed by atoms with Crippen molar-refractivity contribution in [3.63, 3.8) is 0 Å². The van der Waals surface area contributed by atoms with Crippen molar-refractivity contribution >= 4 is 27.3 Å². The zero-order valence-electron chi connectivity index (χ0n) is 11.0. The Morgan fingerprint density at radius 2 is 1.90 bits per heavy atom. The molecule has 0 radical (unpaired) electrons. The van der Waals surface area contributed by atoms with Crippen molar-refractivity contribution in [1.82, 2.24) is 4.98 Å². The van der Waals surface area contributed by atoms with Crippen LogP contribution in [0.3, 0.4) is 0 Å². The summed E-state index contributed by atoms with van der Waals surface area (Å²) in [5, 5.41) is 2.79. The van der Waals surface area contributed by atoms with E-state index >= 15 is 0 Å². The number of aromatic nitrogens is 1. The van der Waals surface area contributed by atoms with Crippen LogP contribution in [-0.2, 0) is 0 Å². The Morgan fingerprint density at radius 1 is 1.14 bits per heavy atom. The third kappa shape index (κ3) is 3.05. The number of nitrogens with two attached hydrogens (primary N) is 1. The lowest BCUT2D eigenvalue weighted by Crippen LogP contribution is -2.11. The van der Waals surface area contributed by atoms with Crippen LogP contribution in [0.4, 0.5) is 4.39 Å². The largest absolute Gasteiger partial charge is 0.318 e. The highest BCUT2D eigenvalue weighted by Crippen LogP contribution is 2.29. The maximum atomic E-state index is 13.3. The van der Waals surface area contributed by atoms with Crippen LogP contribution < -0.4 is 5.73 Å². The topological polar surface area (TPSA) is 38.9 Å². The summed E-state index contributed by atoms with van der Waals surface area (Å²) in [6, 6.07) is 14.5. The summed E-state index contributed by atoms with van der Waals surface area (Å²) >= 11 is 4.70. The van der Waals surface area contributed by atoms with Gasteiger partial charge >= 0.3 is 0 Å². The fourth-order valence-electron chi connectivity index (χ4n) is 2.02. The number of benzene rings is 2. The molecule has 0 amide bonds. The summed E-state index contributed by atoms with van der Waals surface area (Å²) in [7, 11) is 0. The van der Waals surface area contributed by atoms with Crippen molar-refractivity contribution in [2.45, 2.75) is 6.04 Å². The van der Waals surface area contributed by atoms with Gasteiger partial charge in [0.1, 0.15) is 10.8 Å². The Labute approximate surface area is 134 Å². The highest BCUT2D eigenvalue weighted by molar-refractivity contribution is 9.10. The Kier molecular flexibility index (Phi) is 4.14. The minimum absolute atomic E-state index is 0.242. The molecule has 5 heteroatoms. The van der Waals surface area contributed by atoms with Crippen molar-refractivity contribution < 1.29 is 4.39 Å². The minimum atomic E-state index is -0.282. The van der Waals surface area contributed by atoms with E-state index < -0.39 is 0 Å². The Hall–Kier alpha value is -1.56. The third-order valence-corrected chi connectivity index (χ3v) is 4.70. The molecule has 1 atom stereocenters. The first-order valence-corrected chi connectivity index (χ1v) is 8.04. The van der Waals surface area contributed by atoms with Crippen LogP contribution >= 0.6 is 27.3 Å². The predicted octanol–water partition coefficient (Wildman–Crippen LogP) is 4.76. The van der Waals surface area contributed by atoms with Crippen molar-refractivity contribution in [3.05, 3.63) is 74.8 Å². The van der Waals surface area contributed by atoms with Crippen LogP contribution in [0.1, 0.15) is 16.6 Å². The third-order valence-electron chi connectivity index (χ3n) is 3.16. The van der Waals surface area contributed by atoms with Gasteiger partial charge in [-0.1, -0.05) is 30.3 Å². The molecule has 2 N–H and O–H groups in total. The second-order valence-electron chi connectivity index (χ2n) is 4.59. The van der Waals surface area contributed by atoms with Gasteiger partial charge in [0.2, 0.25) is 0 Å². The molecule has 0 spiro atoms. The molecule has 1 aromatic heterocycles. The van der Waals surface area contributed by atoms with Gasteiger partial charge in [0.05, 0.1) is 16.2 Å². The van der Waals surface area contributed by atoms with Gasteiger partial charge < -0.3 is 5.73 Å². The van der Waals surface area contributed by atoms with Crippen molar-refractivity contribution in [2.75, 3.05) is 0 Å². The summed E-state index contributed by atoms with van der Waals surface area (Å²) in [6.07, 6.45) is 0. The van der Waals surface area contributed by atoms with Crippen LogP contribution in [-0.4, -0.2) is 4.98 Å². The molecule has 106 valence electrons. The number of rotatable bonds is 3. The lowest BCUT2D eigenvalue weighted by atomic mass is 10.1. The lowest BCUT2D eigenvalue weighted by molar-refractivity contribution is 0.621. The molecule has 21 heavy (non-hydrogen) atoms. The van der Waals surface area contributed by atoms with Gasteiger partial charge in [-0.3, -0.25) is 0 Å². The van der Waals surface area contributed by atoms with Gasteiger partial charge in [-0.25, -0.2) is 9.37 Å². The number of hydrogen-bond donors (Lipinski definition) is 1. The Bertz CT molecular complexity index is 758. The standard InChI is InChI=1S/C16H12BrFN2S/c17-12-8-11(6-7-13(12)18)14-9-21-16(20-14)15(19)10-4-2-1-3-5-10/h1-9,15H,19H2. The molecule has 0 aliphatic rings. The summed E-state index contributed by atoms with van der Waals surface area (Å²) in [6.45, 7) is 0. The van der Waals surface area contributed by atoms with E-state index in [9.17, 15) is 4.39 Å². The molecule has 2 nitrogen and oxygen atoms in total. The average Bonchev–Trinajstić information content (AvgIpc) is 3.00. The molecule has 0 fully saturated rings. The fourth-order valence-corrected chi connectivity index (χ4v) is 3.26. The molecule has 0 aliphatic carbocycles. The maximum absolute atomic E-state index is 13.3. The van der Waals surface area contributed by atoms with Gasteiger partial charge in [-0.05, 0) is 39.7 Å². The average molecular weight is 363 g/mol. The molecule has 1 unspecified atom stereocenters. The molecule has 1 heterocycles. The Balaban J connectivity index is 1.91. The molecule has 0 aliphatic heterocycles. The molecular formula is C16H12BrFN2S. The smallest absolute Gasteiger partial charge is 0.137 e. The van der Waals surface area contributed by atoms with Crippen LogP contribution in [0, 0.1) is 5.82 Å². The van der Waals surface area contributed by atoms with E-state index in [-0.39, 0.29) is 11.9 Å². The van der Waals surface area contributed by atoms with E-state index in [4.69, 9.17) is 5.73 Å². The summed E-state index contributed by atoms with van der Waals surface area (Å²) in [4.78, 5) is 4.58. The van der Waals surface area contributed by atoms with Crippen molar-refractivity contribution in [3.8, 4) is 11.3 Å². The normalized spacial score (nSPS) is 12.3. The minimum Gasteiger partial charge on any atom is -0.318 e. The monoisotopic (exact) mass is 362 g/mol. The van der Waals surface area contributed by atoms with Gasteiger partial charge in [-0.15, -0.1) is 11.3 Å².